The van der Waals surface area contributed by atoms with Gasteiger partial charge in [0.05, 0.1) is 0 Å². The highest BCUT2D eigenvalue weighted by Gasteiger charge is 2.19. The Kier molecular flexibility index (Phi) is 8.86. The number of hydrogen-bond donors (Lipinski definition) is 0. The zero-order valence-electron chi connectivity index (χ0n) is 17.3. The summed E-state index contributed by atoms with van der Waals surface area (Å²) in [4.78, 5) is 0. The Morgan fingerprint density at radius 2 is 1.89 bits per heavy atom. The zero-order chi connectivity index (χ0) is 19.6. The molecule has 0 nitrogen and oxygen atoms in total. The van der Waals surface area contributed by atoms with Crippen LogP contribution in [0.5, 0.6) is 0 Å². The summed E-state index contributed by atoms with van der Waals surface area (Å²) in [7, 11) is 0. The summed E-state index contributed by atoms with van der Waals surface area (Å²) in [6.07, 6.45) is 10.3. The van der Waals surface area contributed by atoms with E-state index in [4.69, 9.17) is 0 Å². The maximum absolute atomic E-state index is 14.4. The predicted molar refractivity (Wildman–Crippen MR) is 116 cm³/mol. The minimum Gasteiger partial charge on any atom is -0.247 e. The average Bonchev–Trinajstić information content (AvgIpc) is 2.67. The van der Waals surface area contributed by atoms with E-state index in [1.165, 1.54) is 31.2 Å². The number of halogens is 1. The molecule has 0 amide bonds. The molecule has 0 aromatic heterocycles. The highest BCUT2D eigenvalue weighted by Crippen LogP contribution is 2.35. The Bertz CT molecular complexity index is 662. The number of alkyl halides is 1. The number of rotatable bonds is 7. The molecule has 1 aromatic carbocycles. The van der Waals surface area contributed by atoms with E-state index in [9.17, 15) is 4.39 Å². The maximum atomic E-state index is 14.4. The maximum Gasteiger partial charge on any atom is 0.107 e. The number of allylic oxidation sites excluding steroid dienone is 3. The van der Waals surface area contributed by atoms with Crippen LogP contribution in [-0.2, 0) is 0 Å². The zero-order valence-corrected chi connectivity index (χ0v) is 17.3. The van der Waals surface area contributed by atoms with Gasteiger partial charge in [0.25, 0.3) is 0 Å². The van der Waals surface area contributed by atoms with Crippen LogP contribution in [-0.4, -0.2) is 6.17 Å². The molecule has 1 aliphatic rings. The quantitative estimate of drug-likeness (QED) is 0.344. The third kappa shape index (κ3) is 7.02. The van der Waals surface area contributed by atoms with Gasteiger partial charge in [-0.3, -0.25) is 0 Å². The topological polar surface area (TPSA) is 0 Å². The SMILES string of the molecule is C=C/C=C(/C#Cc1ccc(C2CCC(C)CC2)cc1)CC(F)[C@H](C)CCC. The Hall–Kier alpha value is -1.81. The van der Waals surface area contributed by atoms with Crippen LogP contribution in [0.15, 0.2) is 48.6 Å². The molecule has 146 valence electrons. The molecule has 2 rings (SSSR count). The van der Waals surface area contributed by atoms with E-state index in [2.05, 4.69) is 56.5 Å². The van der Waals surface area contributed by atoms with Crippen molar-refractivity contribution in [3.63, 3.8) is 0 Å². The molecule has 0 aliphatic heterocycles. The van der Waals surface area contributed by atoms with Crippen LogP contribution in [0.3, 0.4) is 0 Å². The van der Waals surface area contributed by atoms with Gasteiger partial charge < -0.3 is 0 Å². The molecule has 0 N–H and O–H groups in total. The first kappa shape index (κ1) is 21.5. The lowest BCUT2D eigenvalue weighted by atomic mass is 9.79. The molecule has 0 heterocycles. The van der Waals surface area contributed by atoms with Crippen LogP contribution in [0.2, 0.25) is 0 Å². The summed E-state index contributed by atoms with van der Waals surface area (Å²) < 4.78 is 14.4. The molecule has 1 aromatic rings. The Morgan fingerprint density at radius 3 is 2.48 bits per heavy atom. The third-order valence-corrected chi connectivity index (χ3v) is 5.86. The van der Waals surface area contributed by atoms with Crippen LogP contribution < -0.4 is 0 Å². The first-order valence-corrected chi connectivity index (χ1v) is 10.6. The summed E-state index contributed by atoms with van der Waals surface area (Å²) in [5.41, 5.74) is 3.26. The van der Waals surface area contributed by atoms with E-state index < -0.39 is 6.17 Å². The van der Waals surface area contributed by atoms with Crippen LogP contribution >= 0.6 is 0 Å². The van der Waals surface area contributed by atoms with Gasteiger partial charge >= 0.3 is 0 Å². The first-order valence-electron chi connectivity index (χ1n) is 10.6. The summed E-state index contributed by atoms with van der Waals surface area (Å²) in [5, 5.41) is 0. The molecule has 1 fully saturated rings. The first-order chi connectivity index (χ1) is 13.0. The lowest BCUT2D eigenvalue weighted by molar-refractivity contribution is 0.230. The number of hydrogen-bond acceptors (Lipinski definition) is 0. The fourth-order valence-corrected chi connectivity index (χ4v) is 3.93. The molecule has 2 atom stereocenters. The molecular weight excluding hydrogens is 331 g/mol. The molecule has 1 aliphatic carbocycles. The van der Waals surface area contributed by atoms with Crippen molar-refractivity contribution in [3.8, 4) is 11.8 Å². The van der Waals surface area contributed by atoms with Gasteiger partial charge in [0.2, 0.25) is 0 Å². The lowest BCUT2D eigenvalue weighted by Gasteiger charge is -2.26. The molecule has 0 saturated heterocycles. The van der Waals surface area contributed by atoms with Gasteiger partial charge in [0.1, 0.15) is 6.17 Å². The van der Waals surface area contributed by atoms with Crippen LogP contribution in [0.1, 0.15) is 82.8 Å². The highest BCUT2D eigenvalue weighted by molar-refractivity contribution is 5.43. The molecule has 27 heavy (non-hydrogen) atoms. The van der Waals surface area contributed by atoms with Crippen molar-refractivity contribution >= 4 is 0 Å². The molecule has 1 unspecified atom stereocenters. The Labute approximate surface area is 166 Å². The smallest absolute Gasteiger partial charge is 0.107 e. The minimum absolute atomic E-state index is 0.0718. The molecule has 0 bridgehead atoms. The Balaban J connectivity index is 2.01. The van der Waals surface area contributed by atoms with E-state index in [1.807, 2.05) is 13.0 Å². The van der Waals surface area contributed by atoms with Crippen molar-refractivity contribution in [2.24, 2.45) is 11.8 Å². The standard InChI is InChI=1S/C26H35F/c1-5-7-21(4)26(27)19-23(8-6-2)12-11-22-13-17-25(18-14-22)24-15-9-20(3)10-16-24/h6,8,13-14,17-18,20-21,24,26H,2,5,7,9-10,15-16,19H2,1,3-4H3/b23-8-/t20?,21-,24?,26?/m1/s1. The van der Waals surface area contributed by atoms with Crippen molar-refractivity contribution in [2.75, 3.05) is 0 Å². The molecule has 0 radical (unpaired) electrons. The second kappa shape index (κ2) is 11.1. The Morgan fingerprint density at radius 1 is 1.22 bits per heavy atom. The van der Waals surface area contributed by atoms with Crippen molar-refractivity contribution in [1.82, 2.24) is 0 Å². The second-order valence-corrected chi connectivity index (χ2v) is 8.24. The van der Waals surface area contributed by atoms with E-state index in [1.54, 1.807) is 6.08 Å². The normalized spacial score (nSPS) is 22.4. The summed E-state index contributed by atoms with van der Waals surface area (Å²) >= 11 is 0. The second-order valence-electron chi connectivity index (χ2n) is 8.24. The van der Waals surface area contributed by atoms with Crippen molar-refractivity contribution in [3.05, 3.63) is 59.7 Å². The molecule has 0 spiro atoms. The van der Waals surface area contributed by atoms with Crippen LogP contribution in [0, 0.1) is 23.7 Å². The number of benzene rings is 1. The van der Waals surface area contributed by atoms with Crippen LogP contribution in [0.4, 0.5) is 4.39 Å². The fourth-order valence-electron chi connectivity index (χ4n) is 3.93. The van der Waals surface area contributed by atoms with Gasteiger partial charge in [-0.2, -0.15) is 0 Å². The summed E-state index contributed by atoms with van der Waals surface area (Å²) in [6.45, 7) is 10.2. The molecular formula is C26H35F. The minimum atomic E-state index is -0.846. The van der Waals surface area contributed by atoms with Gasteiger partial charge in [-0.05, 0) is 54.7 Å². The molecule has 1 heteroatoms. The van der Waals surface area contributed by atoms with Gasteiger partial charge in [-0.1, -0.05) is 82.7 Å². The van der Waals surface area contributed by atoms with E-state index in [0.717, 1.165) is 29.9 Å². The lowest BCUT2D eigenvalue weighted by Crippen LogP contribution is -2.13. The summed E-state index contributed by atoms with van der Waals surface area (Å²) in [6, 6.07) is 8.67. The van der Waals surface area contributed by atoms with Gasteiger partial charge in [0, 0.05) is 17.6 Å². The van der Waals surface area contributed by atoms with E-state index in [-0.39, 0.29) is 5.92 Å². The van der Waals surface area contributed by atoms with Gasteiger partial charge in [0.15, 0.2) is 0 Å². The van der Waals surface area contributed by atoms with Crippen molar-refractivity contribution < 1.29 is 4.39 Å². The predicted octanol–water partition coefficient (Wildman–Crippen LogP) is 7.61. The van der Waals surface area contributed by atoms with Crippen LogP contribution in [0.25, 0.3) is 0 Å². The molecule has 1 saturated carbocycles. The van der Waals surface area contributed by atoms with E-state index >= 15 is 0 Å². The average molecular weight is 367 g/mol. The highest BCUT2D eigenvalue weighted by atomic mass is 19.1. The van der Waals surface area contributed by atoms with Crippen molar-refractivity contribution in [2.45, 2.75) is 77.8 Å². The largest absolute Gasteiger partial charge is 0.247 e. The van der Waals surface area contributed by atoms with Gasteiger partial charge in [-0.25, -0.2) is 4.39 Å². The van der Waals surface area contributed by atoms with Gasteiger partial charge in [-0.15, -0.1) is 0 Å². The monoisotopic (exact) mass is 366 g/mol. The van der Waals surface area contributed by atoms with Crippen molar-refractivity contribution in [1.29, 1.82) is 0 Å². The van der Waals surface area contributed by atoms with E-state index in [0.29, 0.717) is 12.3 Å². The fraction of sp³-hybridized carbons (Fsp3) is 0.538. The third-order valence-electron chi connectivity index (χ3n) is 5.86. The summed E-state index contributed by atoms with van der Waals surface area (Å²) in [5.74, 6) is 8.03.